The topological polar surface area (TPSA) is 17.8 Å². The highest BCUT2D eigenvalue weighted by atomic mass is 35.5. The number of pyridine rings is 1. The lowest BCUT2D eigenvalue weighted by Crippen LogP contribution is -1.98. The third-order valence-corrected chi connectivity index (χ3v) is 3.86. The summed E-state index contributed by atoms with van der Waals surface area (Å²) in [4.78, 5) is 4.69. The van der Waals surface area contributed by atoms with Gasteiger partial charge in [-0.2, -0.15) is 0 Å². The molecule has 19 heavy (non-hydrogen) atoms. The number of hydrogen-bond acceptors (Lipinski definition) is 1. The Bertz CT molecular complexity index is 892. The molecular weight excluding hydrogens is 256 g/mol. The van der Waals surface area contributed by atoms with Crippen molar-refractivity contribution in [1.29, 1.82) is 0 Å². The highest BCUT2D eigenvalue weighted by molar-refractivity contribution is 6.31. The van der Waals surface area contributed by atoms with Gasteiger partial charge in [0.2, 0.25) is 0 Å². The molecule has 0 aliphatic carbocycles. The van der Waals surface area contributed by atoms with E-state index >= 15 is 0 Å². The Morgan fingerprint density at radius 1 is 1.05 bits per heavy atom. The molecule has 0 atom stereocenters. The minimum Gasteiger partial charge on any atom is -0.342 e. The summed E-state index contributed by atoms with van der Waals surface area (Å²) in [5.74, 6) is 0. The first-order chi connectivity index (χ1) is 9.24. The van der Waals surface area contributed by atoms with E-state index in [1.807, 2.05) is 24.3 Å². The molecule has 0 saturated carbocycles. The Morgan fingerprint density at radius 3 is 2.79 bits per heavy atom. The average molecular weight is 267 g/mol. The molecule has 92 valence electrons. The standard InChI is InChI=1S/C16H11ClN2/c1-19-15-7-6-11(17)8-10(15)9-14-16(19)12-4-2-3-5-13(12)18-14/h2-9H,1H3. The average Bonchev–Trinajstić information content (AvgIpc) is 2.76. The second kappa shape index (κ2) is 3.72. The minimum atomic E-state index is 0.753. The van der Waals surface area contributed by atoms with Crippen molar-refractivity contribution in [3.05, 3.63) is 53.6 Å². The Labute approximate surface area is 115 Å². The number of aromatic nitrogens is 2. The second-order valence-corrected chi connectivity index (χ2v) is 5.21. The number of benzene rings is 2. The fourth-order valence-corrected chi connectivity index (χ4v) is 2.94. The Kier molecular flexibility index (Phi) is 2.12. The van der Waals surface area contributed by atoms with Crippen LogP contribution in [0.2, 0.25) is 5.02 Å². The molecule has 2 aromatic carbocycles. The molecule has 0 radical (unpaired) electrons. The smallest absolute Gasteiger partial charge is 0.0887 e. The molecule has 0 aromatic heterocycles. The lowest BCUT2D eigenvalue weighted by molar-refractivity contribution is 0.967. The lowest BCUT2D eigenvalue weighted by Gasteiger charge is -2.12. The van der Waals surface area contributed by atoms with Crippen LogP contribution in [0.4, 0.5) is 0 Å². The molecule has 0 unspecified atom stereocenters. The van der Waals surface area contributed by atoms with Crippen LogP contribution >= 0.6 is 11.6 Å². The first-order valence-electron chi connectivity index (χ1n) is 6.17. The van der Waals surface area contributed by atoms with E-state index in [2.05, 4.69) is 35.9 Å². The molecule has 0 spiro atoms. The van der Waals surface area contributed by atoms with Gasteiger partial charge in [-0.05, 0) is 30.3 Å². The zero-order valence-electron chi connectivity index (χ0n) is 10.4. The van der Waals surface area contributed by atoms with E-state index in [-0.39, 0.29) is 0 Å². The van der Waals surface area contributed by atoms with Crippen LogP contribution in [0.3, 0.4) is 0 Å². The normalized spacial score (nSPS) is 11.7. The maximum atomic E-state index is 6.07. The van der Waals surface area contributed by atoms with Gasteiger partial charge in [0, 0.05) is 28.4 Å². The van der Waals surface area contributed by atoms with Gasteiger partial charge >= 0.3 is 0 Å². The summed E-state index contributed by atoms with van der Waals surface area (Å²) in [6, 6.07) is 16.3. The molecule has 2 nitrogen and oxygen atoms in total. The van der Waals surface area contributed by atoms with Gasteiger partial charge in [0.25, 0.3) is 0 Å². The van der Waals surface area contributed by atoms with Crippen LogP contribution in [0.5, 0.6) is 0 Å². The zero-order valence-corrected chi connectivity index (χ0v) is 11.1. The van der Waals surface area contributed by atoms with E-state index in [1.165, 1.54) is 11.1 Å². The van der Waals surface area contributed by atoms with Crippen molar-refractivity contribution >= 4 is 33.4 Å². The fraction of sp³-hybridized carbons (Fsp3) is 0.0625. The van der Waals surface area contributed by atoms with Crippen molar-refractivity contribution in [2.75, 3.05) is 0 Å². The Morgan fingerprint density at radius 2 is 1.89 bits per heavy atom. The Balaban J connectivity index is 2.27. The van der Waals surface area contributed by atoms with E-state index in [0.29, 0.717) is 0 Å². The van der Waals surface area contributed by atoms with E-state index in [0.717, 1.165) is 27.1 Å². The monoisotopic (exact) mass is 266 g/mol. The van der Waals surface area contributed by atoms with Gasteiger partial charge in [-0.3, -0.25) is 0 Å². The fourth-order valence-electron chi connectivity index (χ4n) is 2.76. The molecule has 0 bridgehead atoms. The summed E-state index contributed by atoms with van der Waals surface area (Å²) in [5, 5.41) is 3.06. The summed E-state index contributed by atoms with van der Waals surface area (Å²) in [5.41, 5.74) is 4.38. The van der Waals surface area contributed by atoms with E-state index in [1.54, 1.807) is 0 Å². The summed E-state index contributed by atoms with van der Waals surface area (Å²) in [7, 11) is 2.08. The number of aryl methyl sites for hydroxylation is 1. The number of fused-ring (bicyclic) bond motifs is 4. The maximum absolute atomic E-state index is 6.07. The summed E-state index contributed by atoms with van der Waals surface area (Å²) < 4.78 is 2.19. The molecule has 2 aromatic rings. The number of hydrogen-bond donors (Lipinski definition) is 0. The third kappa shape index (κ3) is 1.47. The quantitative estimate of drug-likeness (QED) is 0.459. The number of para-hydroxylation sites is 1. The summed E-state index contributed by atoms with van der Waals surface area (Å²) in [6.45, 7) is 0. The van der Waals surface area contributed by atoms with Crippen LogP contribution in [-0.4, -0.2) is 9.55 Å². The van der Waals surface area contributed by atoms with E-state index in [4.69, 9.17) is 16.6 Å². The van der Waals surface area contributed by atoms with Crippen molar-refractivity contribution in [3.8, 4) is 11.4 Å². The lowest BCUT2D eigenvalue weighted by atomic mass is 10.1. The molecular formula is C16H11ClN2. The van der Waals surface area contributed by atoms with Crippen molar-refractivity contribution in [1.82, 2.24) is 9.55 Å². The van der Waals surface area contributed by atoms with Gasteiger partial charge in [-0.15, -0.1) is 0 Å². The van der Waals surface area contributed by atoms with E-state index in [9.17, 15) is 0 Å². The molecule has 2 aliphatic rings. The molecule has 0 saturated heterocycles. The van der Waals surface area contributed by atoms with Gasteiger partial charge in [-0.25, -0.2) is 4.98 Å². The SMILES string of the molecule is Cn1c2c3ccccc3nc-2cc2cc(Cl)ccc21. The molecule has 2 heterocycles. The first kappa shape index (κ1) is 10.8. The van der Waals surface area contributed by atoms with E-state index < -0.39 is 0 Å². The van der Waals surface area contributed by atoms with Crippen LogP contribution in [0.15, 0.2) is 48.5 Å². The van der Waals surface area contributed by atoms with Crippen LogP contribution in [0, 0.1) is 0 Å². The second-order valence-electron chi connectivity index (χ2n) is 4.77. The van der Waals surface area contributed by atoms with Crippen LogP contribution < -0.4 is 0 Å². The predicted molar refractivity (Wildman–Crippen MR) is 79.9 cm³/mol. The molecule has 4 rings (SSSR count). The van der Waals surface area contributed by atoms with Crippen LogP contribution in [0.1, 0.15) is 0 Å². The molecule has 0 amide bonds. The largest absolute Gasteiger partial charge is 0.342 e. The first-order valence-corrected chi connectivity index (χ1v) is 6.55. The van der Waals surface area contributed by atoms with Gasteiger partial charge in [0.15, 0.2) is 0 Å². The van der Waals surface area contributed by atoms with Crippen molar-refractivity contribution < 1.29 is 0 Å². The molecule has 0 N–H and O–H groups in total. The molecule has 3 heteroatoms. The van der Waals surface area contributed by atoms with Crippen LogP contribution in [-0.2, 0) is 7.05 Å². The summed E-state index contributed by atoms with van der Waals surface area (Å²) in [6.07, 6.45) is 0. The van der Waals surface area contributed by atoms with Crippen LogP contribution in [0.25, 0.3) is 33.2 Å². The van der Waals surface area contributed by atoms with Gasteiger partial charge < -0.3 is 4.57 Å². The van der Waals surface area contributed by atoms with Crippen molar-refractivity contribution in [2.45, 2.75) is 0 Å². The maximum Gasteiger partial charge on any atom is 0.0887 e. The molecule has 2 aliphatic heterocycles. The number of nitrogens with zero attached hydrogens (tertiary/aromatic N) is 2. The summed E-state index contributed by atoms with van der Waals surface area (Å²) >= 11 is 6.07. The molecule has 0 fully saturated rings. The van der Waals surface area contributed by atoms with Gasteiger partial charge in [0.1, 0.15) is 0 Å². The van der Waals surface area contributed by atoms with Gasteiger partial charge in [-0.1, -0.05) is 29.8 Å². The minimum absolute atomic E-state index is 0.753. The predicted octanol–water partition coefficient (Wildman–Crippen LogP) is 4.48. The van der Waals surface area contributed by atoms with Gasteiger partial charge in [0.05, 0.1) is 16.9 Å². The van der Waals surface area contributed by atoms with Crippen molar-refractivity contribution in [3.63, 3.8) is 0 Å². The Hall–Kier alpha value is -2.06. The number of halogens is 1. The zero-order chi connectivity index (χ0) is 13.0. The highest BCUT2D eigenvalue weighted by Crippen LogP contribution is 2.34. The van der Waals surface area contributed by atoms with Crippen molar-refractivity contribution in [2.24, 2.45) is 7.05 Å². The highest BCUT2D eigenvalue weighted by Gasteiger charge is 2.15. The number of rotatable bonds is 0. The third-order valence-electron chi connectivity index (χ3n) is 3.62.